The predicted octanol–water partition coefficient (Wildman–Crippen LogP) is 1.35. The number of ether oxygens (including phenoxy) is 2. The first-order valence-electron chi connectivity index (χ1n) is 4.60. The molecule has 0 aromatic heterocycles. The van der Waals surface area contributed by atoms with Gasteiger partial charge in [-0.1, -0.05) is 24.3 Å². The van der Waals surface area contributed by atoms with Crippen molar-refractivity contribution in [1.29, 1.82) is 0 Å². The molecule has 0 radical (unpaired) electrons. The molecule has 0 spiro atoms. The van der Waals surface area contributed by atoms with Gasteiger partial charge in [0.1, 0.15) is 6.61 Å². The number of rotatable bonds is 1. The first-order chi connectivity index (χ1) is 7.18. The molecule has 4 heteroatoms. The average molecular weight is 206 g/mol. The van der Waals surface area contributed by atoms with Gasteiger partial charge in [-0.3, -0.25) is 4.79 Å². The van der Waals surface area contributed by atoms with E-state index in [1.807, 2.05) is 12.1 Å². The lowest BCUT2D eigenvalue weighted by molar-refractivity contribution is -0.170. The van der Waals surface area contributed by atoms with Gasteiger partial charge >= 0.3 is 11.9 Å². The molecule has 2 rings (SSSR count). The molecular weight excluding hydrogens is 196 g/mol. The van der Waals surface area contributed by atoms with E-state index in [0.29, 0.717) is 5.56 Å². The number of carbonyl (C=O) groups excluding carboxylic acids is 2. The van der Waals surface area contributed by atoms with Gasteiger partial charge in [0.2, 0.25) is 6.10 Å². The highest BCUT2D eigenvalue weighted by Gasteiger charge is 2.31. The summed E-state index contributed by atoms with van der Waals surface area (Å²) in [5.41, 5.74) is 1.59. The van der Waals surface area contributed by atoms with E-state index in [1.165, 1.54) is 6.92 Å². The summed E-state index contributed by atoms with van der Waals surface area (Å²) >= 11 is 0. The normalized spacial score (nSPS) is 19.0. The number of hydrogen-bond donors (Lipinski definition) is 0. The maximum atomic E-state index is 11.4. The zero-order valence-corrected chi connectivity index (χ0v) is 8.23. The highest BCUT2D eigenvalue weighted by Crippen LogP contribution is 2.28. The molecular formula is C11H10O4. The van der Waals surface area contributed by atoms with E-state index < -0.39 is 18.0 Å². The molecule has 1 aliphatic rings. The fourth-order valence-corrected chi connectivity index (χ4v) is 1.55. The van der Waals surface area contributed by atoms with Crippen LogP contribution in [0.3, 0.4) is 0 Å². The summed E-state index contributed by atoms with van der Waals surface area (Å²) in [5.74, 6) is -1.00. The van der Waals surface area contributed by atoms with E-state index in [4.69, 9.17) is 9.47 Å². The summed E-state index contributed by atoms with van der Waals surface area (Å²) in [5, 5.41) is 0. The third-order valence-electron chi connectivity index (χ3n) is 2.21. The van der Waals surface area contributed by atoms with Crippen LogP contribution >= 0.6 is 0 Å². The van der Waals surface area contributed by atoms with Crippen molar-refractivity contribution in [3.05, 3.63) is 35.4 Å². The van der Waals surface area contributed by atoms with Gasteiger partial charge in [-0.15, -0.1) is 0 Å². The first-order valence-corrected chi connectivity index (χ1v) is 4.60. The summed E-state index contributed by atoms with van der Waals surface area (Å²) < 4.78 is 9.82. The van der Waals surface area contributed by atoms with Crippen molar-refractivity contribution in [3.63, 3.8) is 0 Å². The van der Waals surface area contributed by atoms with Crippen molar-refractivity contribution in [2.24, 2.45) is 0 Å². The van der Waals surface area contributed by atoms with Crippen LogP contribution < -0.4 is 0 Å². The van der Waals surface area contributed by atoms with Crippen molar-refractivity contribution in [3.8, 4) is 0 Å². The minimum atomic E-state index is -0.910. The minimum Gasteiger partial charge on any atom is -0.458 e. The molecule has 0 amide bonds. The van der Waals surface area contributed by atoms with E-state index in [0.717, 1.165) is 5.56 Å². The first kappa shape index (κ1) is 9.71. The summed E-state index contributed by atoms with van der Waals surface area (Å²) in [6.07, 6.45) is -0.910. The quantitative estimate of drug-likeness (QED) is 0.651. The molecule has 1 aromatic rings. The Morgan fingerprint density at radius 3 is 2.93 bits per heavy atom. The molecule has 1 aromatic carbocycles. The third kappa shape index (κ3) is 1.83. The summed E-state index contributed by atoms with van der Waals surface area (Å²) in [6, 6.07) is 7.26. The lowest BCUT2D eigenvalue weighted by Gasteiger charge is -2.23. The monoisotopic (exact) mass is 206 g/mol. The Morgan fingerprint density at radius 2 is 2.20 bits per heavy atom. The van der Waals surface area contributed by atoms with Gasteiger partial charge in [0.05, 0.1) is 0 Å². The summed E-state index contributed by atoms with van der Waals surface area (Å²) in [4.78, 5) is 22.2. The average Bonchev–Trinajstić information content (AvgIpc) is 2.22. The Balaban J connectivity index is 2.37. The van der Waals surface area contributed by atoms with Crippen molar-refractivity contribution < 1.29 is 19.1 Å². The van der Waals surface area contributed by atoms with Gasteiger partial charge in [-0.25, -0.2) is 4.79 Å². The highest BCUT2D eigenvalue weighted by atomic mass is 16.6. The number of fused-ring (bicyclic) bond motifs is 1. The predicted molar refractivity (Wildman–Crippen MR) is 50.7 cm³/mol. The Labute approximate surface area is 86.8 Å². The number of benzene rings is 1. The Kier molecular flexibility index (Phi) is 2.41. The van der Waals surface area contributed by atoms with Crippen LogP contribution in [0.1, 0.15) is 24.2 Å². The maximum Gasteiger partial charge on any atom is 0.352 e. The van der Waals surface area contributed by atoms with Crippen molar-refractivity contribution in [2.75, 3.05) is 0 Å². The van der Waals surface area contributed by atoms with Crippen LogP contribution in [0.15, 0.2) is 24.3 Å². The van der Waals surface area contributed by atoms with Crippen LogP contribution in [0.5, 0.6) is 0 Å². The van der Waals surface area contributed by atoms with E-state index in [9.17, 15) is 9.59 Å². The standard InChI is InChI=1S/C11H10O4/c1-7(12)15-10-9-5-3-2-4-8(9)6-14-11(10)13/h2-5,10H,6H2,1H3. The fraction of sp³-hybridized carbons (Fsp3) is 0.273. The molecule has 1 unspecified atom stereocenters. The van der Waals surface area contributed by atoms with Crippen LogP contribution in [-0.2, 0) is 25.7 Å². The Bertz CT molecular complexity index is 411. The van der Waals surface area contributed by atoms with Gasteiger partial charge in [0, 0.05) is 12.5 Å². The SMILES string of the molecule is CC(=O)OC1C(=O)OCc2ccccc21. The topological polar surface area (TPSA) is 52.6 Å². The summed E-state index contributed by atoms with van der Waals surface area (Å²) in [6.45, 7) is 1.51. The Morgan fingerprint density at radius 1 is 1.47 bits per heavy atom. The molecule has 1 atom stereocenters. The summed E-state index contributed by atoms with van der Waals surface area (Å²) in [7, 11) is 0. The molecule has 15 heavy (non-hydrogen) atoms. The molecule has 78 valence electrons. The van der Waals surface area contributed by atoms with Crippen LogP contribution in [-0.4, -0.2) is 11.9 Å². The third-order valence-corrected chi connectivity index (χ3v) is 2.21. The number of esters is 2. The molecule has 4 nitrogen and oxygen atoms in total. The van der Waals surface area contributed by atoms with Crippen molar-refractivity contribution in [1.82, 2.24) is 0 Å². The van der Waals surface area contributed by atoms with Gasteiger partial charge in [0.25, 0.3) is 0 Å². The Hall–Kier alpha value is -1.84. The molecule has 0 saturated heterocycles. The second-order valence-corrected chi connectivity index (χ2v) is 3.30. The molecule has 0 N–H and O–H groups in total. The highest BCUT2D eigenvalue weighted by molar-refractivity contribution is 5.81. The number of hydrogen-bond acceptors (Lipinski definition) is 4. The molecule has 0 bridgehead atoms. The minimum absolute atomic E-state index is 0.243. The van der Waals surface area contributed by atoms with Crippen molar-refractivity contribution >= 4 is 11.9 Å². The lowest BCUT2D eigenvalue weighted by atomic mass is 10.0. The lowest BCUT2D eigenvalue weighted by Crippen LogP contribution is -2.26. The van der Waals surface area contributed by atoms with Crippen molar-refractivity contribution in [2.45, 2.75) is 19.6 Å². The van der Waals surface area contributed by atoms with E-state index >= 15 is 0 Å². The molecule has 0 fully saturated rings. The van der Waals surface area contributed by atoms with E-state index in [2.05, 4.69) is 0 Å². The molecule has 1 heterocycles. The van der Waals surface area contributed by atoms with Crippen LogP contribution in [0.25, 0.3) is 0 Å². The van der Waals surface area contributed by atoms with Gasteiger partial charge < -0.3 is 9.47 Å². The van der Waals surface area contributed by atoms with Crippen LogP contribution in [0, 0.1) is 0 Å². The van der Waals surface area contributed by atoms with Gasteiger partial charge in [-0.05, 0) is 5.56 Å². The van der Waals surface area contributed by atoms with Gasteiger partial charge in [0.15, 0.2) is 0 Å². The second kappa shape index (κ2) is 3.73. The smallest absolute Gasteiger partial charge is 0.352 e. The molecule has 0 aliphatic carbocycles. The maximum absolute atomic E-state index is 11.4. The largest absolute Gasteiger partial charge is 0.458 e. The number of cyclic esters (lactones) is 1. The van der Waals surface area contributed by atoms with Gasteiger partial charge in [-0.2, -0.15) is 0 Å². The van der Waals surface area contributed by atoms with Crippen LogP contribution in [0.2, 0.25) is 0 Å². The number of carbonyl (C=O) groups is 2. The van der Waals surface area contributed by atoms with E-state index in [1.54, 1.807) is 12.1 Å². The fourth-order valence-electron chi connectivity index (χ4n) is 1.55. The van der Waals surface area contributed by atoms with Crippen LogP contribution in [0.4, 0.5) is 0 Å². The zero-order valence-electron chi connectivity index (χ0n) is 8.23. The zero-order chi connectivity index (χ0) is 10.8. The molecule has 1 aliphatic heterocycles. The second-order valence-electron chi connectivity index (χ2n) is 3.30. The van der Waals surface area contributed by atoms with E-state index in [-0.39, 0.29) is 6.61 Å². The molecule has 0 saturated carbocycles.